The summed E-state index contributed by atoms with van der Waals surface area (Å²) in [5, 5.41) is 0. The Bertz CT molecular complexity index is 568. The van der Waals surface area contributed by atoms with Crippen LogP contribution in [0.15, 0.2) is 60.2 Å². The van der Waals surface area contributed by atoms with Crippen LogP contribution in [-0.4, -0.2) is 0 Å². The minimum atomic E-state index is 0.994. The highest BCUT2D eigenvalue weighted by atomic mass is 14.2. The minimum absolute atomic E-state index is 0.994. The van der Waals surface area contributed by atoms with Crippen molar-refractivity contribution >= 4 is 6.08 Å². The van der Waals surface area contributed by atoms with Gasteiger partial charge in [-0.3, -0.25) is 0 Å². The quantitative estimate of drug-likeness (QED) is 0.633. The van der Waals surface area contributed by atoms with E-state index in [-0.39, 0.29) is 0 Å². The van der Waals surface area contributed by atoms with Crippen LogP contribution in [0.4, 0.5) is 0 Å². The summed E-state index contributed by atoms with van der Waals surface area (Å²) in [6, 6.07) is 6.63. The monoisotopic (exact) mass is 236 g/mol. The lowest BCUT2D eigenvalue weighted by Gasteiger charge is -2.11. The molecule has 0 unspecified atom stereocenters. The lowest BCUT2D eigenvalue weighted by Crippen LogP contribution is -1.92. The molecule has 0 fully saturated rings. The zero-order valence-electron chi connectivity index (χ0n) is 11.3. The van der Waals surface area contributed by atoms with Gasteiger partial charge in [0.25, 0.3) is 0 Å². The van der Waals surface area contributed by atoms with E-state index in [1.54, 1.807) is 0 Å². The van der Waals surface area contributed by atoms with E-state index in [0.717, 1.165) is 35.1 Å². The third-order valence-electron chi connectivity index (χ3n) is 3.52. The van der Waals surface area contributed by atoms with Gasteiger partial charge in [-0.2, -0.15) is 0 Å². The second kappa shape index (κ2) is 4.81. The van der Waals surface area contributed by atoms with Gasteiger partial charge in [-0.05, 0) is 60.6 Å². The molecule has 0 aliphatic heterocycles. The van der Waals surface area contributed by atoms with Crippen LogP contribution in [0.1, 0.15) is 30.0 Å². The van der Waals surface area contributed by atoms with Gasteiger partial charge in [0.1, 0.15) is 0 Å². The van der Waals surface area contributed by atoms with Gasteiger partial charge < -0.3 is 0 Å². The van der Waals surface area contributed by atoms with Crippen molar-refractivity contribution in [2.24, 2.45) is 0 Å². The zero-order valence-corrected chi connectivity index (χ0v) is 11.3. The average Bonchev–Trinajstić information content (AvgIpc) is 2.48. The van der Waals surface area contributed by atoms with Crippen molar-refractivity contribution in [3.05, 3.63) is 76.9 Å². The number of benzene rings is 1. The van der Waals surface area contributed by atoms with Crippen LogP contribution in [0.25, 0.3) is 6.08 Å². The molecule has 0 radical (unpaired) electrons. The molecule has 92 valence electrons. The van der Waals surface area contributed by atoms with Crippen LogP contribution >= 0.6 is 0 Å². The van der Waals surface area contributed by atoms with Crippen molar-refractivity contribution in [2.45, 2.75) is 26.7 Å². The van der Waals surface area contributed by atoms with Gasteiger partial charge in [-0.15, -0.1) is 0 Å². The highest BCUT2D eigenvalue weighted by molar-refractivity contribution is 5.71. The van der Waals surface area contributed by atoms with Gasteiger partial charge in [0.05, 0.1) is 0 Å². The molecular formula is C18H20. The summed E-state index contributed by atoms with van der Waals surface area (Å²) in [6.07, 6.45) is 4.26. The molecular weight excluding hydrogens is 216 g/mol. The molecule has 0 heteroatoms. The molecule has 0 saturated heterocycles. The van der Waals surface area contributed by atoms with Crippen LogP contribution in [0, 0.1) is 6.92 Å². The lowest BCUT2D eigenvalue weighted by molar-refractivity contribution is 0.963. The largest absolute Gasteiger partial charge is 0.0955 e. The van der Waals surface area contributed by atoms with Crippen molar-refractivity contribution in [3.63, 3.8) is 0 Å². The van der Waals surface area contributed by atoms with E-state index >= 15 is 0 Å². The summed E-state index contributed by atoms with van der Waals surface area (Å²) in [5.41, 5.74) is 8.33. The fraction of sp³-hybridized carbons (Fsp3) is 0.222. The van der Waals surface area contributed by atoms with Crippen LogP contribution in [-0.2, 0) is 6.42 Å². The predicted octanol–water partition coefficient (Wildman–Crippen LogP) is 5.01. The molecule has 0 atom stereocenters. The molecule has 0 amide bonds. The van der Waals surface area contributed by atoms with E-state index in [4.69, 9.17) is 0 Å². The molecule has 2 rings (SSSR count). The SMILES string of the molecule is C=C(C)C(=C)C1=Cc2cc(C)ccc2CCC1=C. The molecule has 0 saturated carbocycles. The molecule has 18 heavy (non-hydrogen) atoms. The highest BCUT2D eigenvalue weighted by Gasteiger charge is 2.14. The predicted molar refractivity (Wildman–Crippen MR) is 80.6 cm³/mol. The molecule has 0 spiro atoms. The number of allylic oxidation sites excluding steroid dienone is 4. The Hall–Kier alpha value is -1.82. The van der Waals surface area contributed by atoms with Gasteiger partial charge in [0.2, 0.25) is 0 Å². The van der Waals surface area contributed by atoms with E-state index < -0.39 is 0 Å². The Morgan fingerprint density at radius 1 is 1.17 bits per heavy atom. The first kappa shape index (κ1) is 12.6. The van der Waals surface area contributed by atoms with E-state index in [1.807, 2.05) is 6.92 Å². The topological polar surface area (TPSA) is 0 Å². The van der Waals surface area contributed by atoms with Crippen molar-refractivity contribution in [1.29, 1.82) is 0 Å². The maximum absolute atomic E-state index is 4.19. The second-order valence-corrected chi connectivity index (χ2v) is 5.12. The smallest absolute Gasteiger partial charge is 0.0155 e. The molecule has 1 aromatic carbocycles. The zero-order chi connectivity index (χ0) is 13.3. The van der Waals surface area contributed by atoms with E-state index in [1.165, 1.54) is 16.7 Å². The number of rotatable bonds is 2. The van der Waals surface area contributed by atoms with Crippen LogP contribution in [0.5, 0.6) is 0 Å². The minimum Gasteiger partial charge on any atom is -0.0955 e. The molecule has 0 bridgehead atoms. The Morgan fingerprint density at radius 3 is 2.56 bits per heavy atom. The van der Waals surface area contributed by atoms with Gasteiger partial charge in [0.15, 0.2) is 0 Å². The Balaban J connectivity index is 2.54. The number of aryl methyl sites for hydroxylation is 2. The molecule has 0 N–H and O–H groups in total. The number of hydrogen-bond donors (Lipinski definition) is 0. The Morgan fingerprint density at radius 2 is 1.89 bits per heavy atom. The fourth-order valence-corrected chi connectivity index (χ4v) is 2.28. The molecule has 1 aliphatic carbocycles. The summed E-state index contributed by atoms with van der Waals surface area (Å²) >= 11 is 0. The summed E-state index contributed by atoms with van der Waals surface area (Å²) < 4.78 is 0. The van der Waals surface area contributed by atoms with E-state index in [2.05, 4.69) is 50.9 Å². The van der Waals surface area contributed by atoms with Gasteiger partial charge in [-0.25, -0.2) is 0 Å². The third-order valence-corrected chi connectivity index (χ3v) is 3.52. The summed E-state index contributed by atoms with van der Waals surface area (Å²) in [4.78, 5) is 0. The van der Waals surface area contributed by atoms with E-state index in [9.17, 15) is 0 Å². The lowest BCUT2D eigenvalue weighted by atomic mass is 9.93. The Kier molecular flexibility index (Phi) is 3.38. The van der Waals surface area contributed by atoms with Crippen LogP contribution < -0.4 is 0 Å². The Labute approximate surface area is 110 Å². The normalized spacial score (nSPS) is 14.6. The summed E-state index contributed by atoms with van der Waals surface area (Å²) in [5.74, 6) is 0. The molecule has 0 aromatic heterocycles. The standard InChI is InChI=1S/C18H20/c1-12(2)15(5)18-11-17-10-13(3)6-8-16(17)9-7-14(18)4/h6,8,10-11H,1,4-5,7,9H2,2-3H3. The number of fused-ring (bicyclic) bond motifs is 1. The van der Waals surface area contributed by atoms with Crippen molar-refractivity contribution in [3.8, 4) is 0 Å². The van der Waals surface area contributed by atoms with Crippen molar-refractivity contribution in [1.82, 2.24) is 0 Å². The summed E-state index contributed by atoms with van der Waals surface area (Å²) in [6.45, 7) is 16.4. The van der Waals surface area contributed by atoms with Gasteiger partial charge >= 0.3 is 0 Å². The molecule has 1 aliphatic rings. The van der Waals surface area contributed by atoms with Crippen molar-refractivity contribution in [2.75, 3.05) is 0 Å². The second-order valence-electron chi connectivity index (χ2n) is 5.12. The molecule has 1 aromatic rings. The van der Waals surface area contributed by atoms with Crippen LogP contribution in [0.3, 0.4) is 0 Å². The number of hydrogen-bond acceptors (Lipinski definition) is 0. The first-order chi connectivity index (χ1) is 8.49. The van der Waals surface area contributed by atoms with E-state index in [0.29, 0.717) is 0 Å². The fourth-order valence-electron chi connectivity index (χ4n) is 2.28. The average molecular weight is 236 g/mol. The maximum atomic E-state index is 4.19. The first-order valence-corrected chi connectivity index (χ1v) is 6.33. The molecule has 0 heterocycles. The third kappa shape index (κ3) is 2.38. The molecule has 0 nitrogen and oxygen atoms in total. The highest BCUT2D eigenvalue weighted by Crippen LogP contribution is 2.32. The van der Waals surface area contributed by atoms with Crippen LogP contribution in [0.2, 0.25) is 0 Å². The first-order valence-electron chi connectivity index (χ1n) is 6.33. The van der Waals surface area contributed by atoms with Gasteiger partial charge in [0, 0.05) is 0 Å². The maximum Gasteiger partial charge on any atom is -0.0155 e. The summed E-state index contributed by atoms with van der Waals surface area (Å²) in [7, 11) is 0. The van der Waals surface area contributed by atoms with Gasteiger partial charge in [-0.1, -0.05) is 49.1 Å². The van der Waals surface area contributed by atoms with Crippen molar-refractivity contribution < 1.29 is 0 Å².